The van der Waals surface area contributed by atoms with Crippen molar-refractivity contribution in [1.82, 2.24) is 0 Å². The van der Waals surface area contributed by atoms with E-state index in [1.807, 2.05) is 6.08 Å². The first-order chi connectivity index (χ1) is 10.3. The van der Waals surface area contributed by atoms with E-state index in [4.69, 9.17) is 4.74 Å². The maximum absolute atomic E-state index is 12.2. The standard InChI is InChI=1S/C20H30O2/c1-14(2)17-10-9-15(3)7-6-8-16(4)11-18(21)13-20(5)19(12-17)22-20/h7,11,17,19H,1,6,8-10,12-13H2,2-5H3/b15-7?,16-11+/t17-,19-,20-/m1/s1. The van der Waals surface area contributed by atoms with Gasteiger partial charge in [-0.3, -0.25) is 4.79 Å². The normalized spacial score (nSPS) is 36.5. The van der Waals surface area contributed by atoms with Crippen molar-refractivity contribution in [3.05, 3.63) is 35.5 Å². The average molecular weight is 302 g/mol. The van der Waals surface area contributed by atoms with Crippen LogP contribution >= 0.6 is 0 Å². The van der Waals surface area contributed by atoms with E-state index in [-0.39, 0.29) is 17.5 Å². The number of hydrogen-bond donors (Lipinski definition) is 0. The lowest BCUT2D eigenvalue weighted by Gasteiger charge is -2.17. The molecule has 2 nitrogen and oxygen atoms in total. The highest BCUT2D eigenvalue weighted by molar-refractivity contribution is 5.91. The number of fused-ring (bicyclic) bond motifs is 1. The van der Waals surface area contributed by atoms with Crippen LogP contribution < -0.4 is 0 Å². The summed E-state index contributed by atoms with van der Waals surface area (Å²) in [5.41, 5.74) is 3.60. The second-order valence-corrected chi connectivity index (χ2v) is 7.46. The van der Waals surface area contributed by atoms with Crippen molar-refractivity contribution in [3.63, 3.8) is 0 Å². The Bertz CT molecular complexity index is 512. The predicted octanol–water partition coefficient (Wildman–Crippen LogP) is 5.15. The Morgan fingerprint density at radius 1 is 1.32 bits per heavy atom. The lowest BCUT2D eigenvalue weighted by atomic mass is 9.86. The summed E-state index contributed by atoms with van der Waals surface area (Å²) in [5.74, 6) is 0.692. The minimum absolute atomic E-state index is 0.201. The second-order valence-electron chi connectivity index (χ2n) is 7.46. The van der Waals surface area contributed by atoms with Gasteiger partial charge in [-0.15, -0.1) is 0 Å². The lowest BCUT2D eigenvalue weighted by molar-refractivity contribution is -0.115. The summed E-state index contributed by atoms with van der Waals surface area (Å²) in [4.78, 5) is 12.2. The number of rotatable bonds is 1. The van der Waals surface area contributed by atoms with Crippen LogP contribution in [0.25, 0.3) is 0 Å². The maximum atomic E-state index is 12.2. The van der Waals surface area contributed by atoms with Crippen molar-refractivity contribution in [2.45, 2.75) is 77.9 Å². The number of carbonyl (C=O) groups is 1. The molecule has 1 fully saturated rings. The number of ether oxygens (including phenoxy) is 1. The van der Waals surface area contributed by atoms with Crippen molar-refractivity contribution < 1.29 is 9.53 Å². The molecule has 0 radical (unpaired) electrons. The molecule has 0 aromatic heterocycles. The van der Waals surface area contributed by atoms with E-state index in [2.05, 4.69) is 40.3 Å². The van der Waals surface area contributed by atoms with Crippen LogP contribution in [0.2, 0.25) is 0 Å². The Morgan fingerprint density at radius 2 is 2.05 bits per heavy atom. The molecule has 122 valence electrons. The first-order valence-electron chi connectivity index (χ1n) is 8.49. The number of carbonyl (C=O) groups excluding carboxylic acids is 1. The number of epoxide rings is 1. The molecule has 0 aromatic carbocycles. The third kappa shape index (κ3) is 4.67. The number of ketones is 1. The summed E-state index contributed by atoms with van der Waals surface area (Å²) < 4.78 is 5.89. The molecule has 0 spiro atoms. The molecular weight excluding hydrogens is 272 g/mol. The smallest absolute Gasteiger partial charge is 0.158 e. The van der Waals surface area contributed by atoms with Gasteiger partial charge in [0.2, 0.25) is 0 Å². The van der Waals surface area contributed by atoms with Crippen molar-refractivity contribution in [3.8, 4) is 0 Å². The van der Waals surface area contributed by atoms with Crippen LogP contribution in [0.5, 0.6) is 0 Å². The van der Waals surface area contributed by atoms with E-state index in [1.165, 1.54) is 16.7 Å². The largest absolute Gasteiger partial charge is 0.366 e. The van der Waals surface area contributed by atoms with Crippen LogP contribution in [0.15, 0.2) is 35.5 Å². The van der Waals surface area contributed by atoms with Gasteiger partial charge in [0.15, 0.2) is 5.78 Å². The second kappa shape index (κ2) is 6.95. The Morgan fingerprint density at radius 3 is 2.73 bits per heavy atom. The van der Waals surface area contributed by atoms with E-state index in [1.54, 1.807) is 0 Å². The zero-order valence-corrected chi connectivity index (χ0v) is 14.6. The SMILES string of the molecule is C=C(C)[C@@H]1CCC(C)=CCC/C(C)=C/C(=O)C[C@@]2(C)O[C@@H]2C1. The zero-order valence-electron chi connectivity index (χ0n) is 14.6. The third-order valence-electron chi connectivity index (χ3n) is 5.08. The molecule has 1 aliphatic heterocycles. The minimum atomic E-state index is -0.253. The number of allylic oxidation sites excluding steroid dienone is 5. The summed E-state index contributed by atoms with van der Waals surface area (Å²) in [6.45, 7) is 12.6. The molecule has 0 N–H and O–H groups in total. The van der Waals surface area contributed by atoms with Gasteiger partial charge in [-0.1, -0.05) is 29.4 Å². The Kier molecular flexibility index (Phi) is 5.44. The molecule has 0 unspecified atom stereocenters. The van der Waals surface area contributed by atoms with Gasteiger partial charge in [-0.05, 0) is 71.8 Å². The molecule has 0 aromatic rings. The quantitative estimate of drug-likeness (QED) is 0.495. The lowest BCUT2D eigenvalue weighted by Crippen LogP contribution is -2.18. The Balaban J connectivity index is 2.13. The first-order valence-corrected chi connectivity index (χ1v) is 8.49. The molecule has 2 rings (SSSR count). The highest BCUT2D eigenvalue weighted by atomic mass is 16.6. The molecule has 1 saturated heterocycles. The van der Waals surface area contributed by atoms with Crippen molar-refractivity contribution >= 4 is 5.78 Å². The van der Waals surface area contributed by atoms with E-state index in [0.29, 0.717) is 12.3 Å². The molecule has 3 atom stereocenters. The molecule has 0 saturated carbocycles. The highest BCUT2D eigenvalue weighted by Crippen LogP contribution is 2.45. The van der Waals surface area contributed by atoms with Crippen LogP contribution in [-0.2, 0) is 9.53 Å². The summed E-state index contributed by atoms with van der Waals surface area (Å²) in [6, 6.07) is 0. The summed E-state index contributed by atoms with van der Waals surface area (Å²) in [6.07, 6.45) is 10.1. The molecule has 1 heterocycles. The molecule has 2 aliphatic rings. The fraction of sp³-hybridized carbons (Fsp3) is 0.650. The molecular formula is C20H30O2. The van der Waals surface area contributed by atoms with E-state index in [0.717, 1.165) is 32.1 Å². The average Bonchev–Trinajstić information content (AvgIpc) is 3.02. The highest BCUT2D eigenvalue weighted by Gasteiger charge is 2.53. The van der Waals surface area contributed by atoms with Crippen LogP contribution in [0.3, 0.4) is 0 Å². The summed E-state index contributed by atoms with van der Waals surface area (Å²) in [7, 11) is 0. The summed E-state index contributed by atoms with van der Waals surface area (Å²) >= 11 is 0. The molecule has 1 aliphatic carbocycles. The Hall–Kier alpha value is -1.15. The van der Waals surface area contributed by atoms with Crippen LogP contribution in [0.1, 0.15) is 66.2 Å². The van der Waals surface area contributed by atoms with Crippen molar-refractivity contribution in [2.24, 2.45) is 5.92 Å². The molecule has 0 amide bonds. The summed E-state index contributed by atoms with van der Waals surface area (Å²) in [5, 5.41) is 0. The topological polar surface area (TPSA) is 29.6 Å². The zero-order chi connectivity index (χ0) is 16.3. The monoisotopic (exact) mass is 302 g/mol. The van der Waals surface area contributed by atoms with Crippen LogP contribution in [-0.4, -0.2) is 17.5 Å². The third-order valence-corrected chi connectivity index (χ3v) is 5.08. The molecule has 2 heteroatoms. The van der Waals surface area contributed by atoms with Crippen molar-refractivity contribution in [1.29, 1.82) is 0 Å². The maximum Gasteiger partial charge on any atom is 0.158 e. The van der Waals surface area contributed by atoms with Gasteiger partial charge in [0.1, 0.15) is 0 Å². The fourth-order valence-electron chi connectivity index (χ4n) is 3.36. The fourth-order valence-corrected chi connectivity index (χ4v) is 3.36. The minimum Gasteiger partial charge on any atom is -0.366 e. The first kappa shape index (κ1) is 17.2. The van der Waals surface area contributed by atoms with Crippen molar-refractivity contribution in [2.75, 3.05) is 0 Å². The Labute approximate surface area is 135 Å². The van der Waals surface area contributed by atoms with Gasteiger partial charge in [0.25, 0.3) is 0 Å². The molecule has 0 bridgehead atoms. The van der Waals surface area contributed by atoms with Gasteiger partial charge in [-0.2, -0.15) is 0 Å². The predicted molar refractivity (Wildman–Crippen MR) is 91.8 cm³/mol. The van der Waals surface area contributed by atoms with Gasteiger partial charge >= 0.3 is 0 Å². The molecule has 22 heavy (non-hydrogen) atoms. The van der Waals surface area contributed by atoms with Crippen LogP contribution in [0.4, 0.5) is 0 Å². The number of hydrogen-bond acceptors (Lipinski definition) is 2. The van der Waals surface area contributed by atoms with E-state index < -0.39 is 0 Å². The van der Waals surface area contributed by atoms with Gasteiger partial charge < -0.3 is 4.74 Å². The van der Waals surface area contributed by atoms with Gasteiger partial charge in [0, 0.05) is 6.42 Å². The van der Waals surface area contributed by atoms with E-state index in [9.17, 15) is 4.79 Å². The van der Waals surface area contributed by atoms with E-state index >= 15 is 0 Å². The van der Waals surface area contributed by atoms with Gasteiger partial charge in [0.05, 0.1) is 11.7 Å². The van der Waals surface area contributed by atoms with Crippen LogP contribution in [0, 0.1) is 5.92 Å². The van der Waals surface area contributed by atoms with Gasteiger partial charge in [-0.25, -0.2) is 0 Å².